The number of piperazine rings is 1. The van der Waals surface area contributed by atoms with Gasteiger partial charge in [-0.05, 0) is 84.6 Å². The molecule has 5 heteroatoms. The Hall–Kier alpha value is -2.92. The maximum Gasteiger partial charge on any atom is 0.335 e. The van der Waals surface area contributed by atoms with Crippen LogP contribution >= 0.6 is 0 Å². The molecule has 0 atom stereocenters. The largest absolute Gasteiger partial charge is 0.478 e. The Balaban J connectivity index is 1.71. The third-order valence-corrected chi connectivity index (χ3v) is 8.15. The smallest absolute Gasteiger partial charge is 0.335 e. The first-order valence-electron chi connectivity index (χ1n) is 13.1. The fourth-order valence-electron chi connectivity index (χ4n) is 5.63. The predicted octanol–water partition coefficient (Wildman–Crippen LogP) is 6.16. The zero-order valence-electron chi connectivity index (χ0n) is 22.6. The quantitative estimate of drug-likeness (QED) is 0.390. The van der Waals surface area contributed by atoms with Gasteiger partial charge in [0.25, 0.3) is 0 Å². The van der Waals surface area contributed by atoms with Crippen LogP contribution in [0.2, 0.25) is 0 Å². The average Bonchev–Trinajstić information content (AvgIpc) is 2.85. The Kier molecular flexibility index (Phi) is 7.16. The zero-order chi connectivity index (χ0) is 26.3. The molecule has 1 heterocycles. The molecule has 2 aromatic rings. The van der Waals surface area contributed by atoms with Gasteiger partial charge in [-0.25, -0.2) is 4.79 Å². The van der Waals surface area contributed by atoms with Crippen LogP contribution in [0.15, 0.2) is 42.5 Å². The fraction of sp³-hybridized carbons (Fsp3) is 0.484. The molecule has 0 bridgehead atoms. The molecule has 0 unspecified atom stereocenters. The summed E-state index contributed by atoms with van der Waals surface area (Å²) in [5, 5.41) is 9.11. The summed E-state index contributed by atoms with van der Waals surface area (Å²) < 4.78 is 0. The summed E-state index contributed by atoms with van der Waals surface area (Å²) in [5.74, 6) is -0.982. The number of aromatic carboxylic acids is 1. The summed E-state index contributed by atoms with van der Waals surface area (Å²) in [6.45, 7) is 17.8. The number of rotatable bonds is 6. The van der Waals surface area contributed by atoms with Gasteiger partial charge >= 0.3 is 5.97 Å². The Morgan fingerprint density at radius 1 is 0.889 bits per heavy atom. The van der Waals surface area contributed by atoms with Crippen LogP contribution in [0.25, 0.3) is 6.08 Å². The minimum Gasteiger partial charge on any atom is -0.478 e. The summed E-state index contributed by atoms with van der Waals surface area (Å²) in [6, 6.07) is 11.4. The number of benzene rings is 2. The van der Waals surface area contributed by atoms with Gasteiger partial charge < -0.3 is 10.0 Å². The van der Waals surface area contributed by atoms with E-state index >= 15 is 0 Å². The minimum absolute atomic E-state index is 0.00598. The first-order valence-corrected chi connectivity index (χ1v) is 13.1. The highest BCUT2D eigenvalue weighted by atomic mass is 16.4. The summed E-state index contributed by atoms with van der Waals surface area (Å²) in [7, 11) is 0. The highest BCUT2D eigenvalue weighted by Gasteiger charge is 2.40. The highest BCUT2D eigenvalue weighted by Crippen LogP contribution is 2.50. The number of carboxylic acid groups (broad SMARTS) is 1. The molecule has 192 valence electrons. The van der Waals surface area contributed by atoms with Crippen molar-refractivity contribution in [2.75, 3.05) is 31.1 Å². The van der Waals surface area contributed by atoms with Crippen molar-refractivity contribution >= 4 is 23.5 Å². The van der Waals surface area contributed by atoms with Gasteiger partial charge in [-0.2, -0.15) is 0 Å². The van der Waals surface area contributed by atoms with Crippen LogP contribution in [-0.2, 0) is 10.8 Å². The van der Waals surface area contributed by atoms with E-state index in [1.54, 1.807) is 36.4 Å². The number of carbonyl (C=O) groups excluding carboxylic acids is 1. The van der Waals surface area contributed by atoms with Gasteiger partial charge in [0.1, 0.15) is 0 Å². The van der Waals surface area contributed by atoms with Gasteiger partial charge in [0.15, 0.2) is 5.78 Å². The summed E-state index contributed by atoms with van der Waals surface area (Å²) in [4.78, 5) is 29.5. The van der Waals surface area contributed by atoms with Gasteiger partial charge in [0.05, 0.1) is 5.56 Å². The lowest BCUT2D eigenvalue weighted by Crippen LogP contribution is -2.50. The molecule has 0 saturated carbocycles. The standard InChI is InChI=1S/C31H40N2O3/c1-21(2)32-15-17-33(18-16-32)26-20-24(19-25-28(26)31(5,6)14-13-30(25,3)4)27(34)12-9-22-7-10-23(11-8-22)29(35)36/h7-12,19-21H,13-18H2,1-6H3,(H,35,36)/b12-9-. The molecule has 1 aliphatic carbocycles. The van der Waals surface area contributed by atoms with E-state index < -0.39 is 5.97 Å². The predicted molar refractivity (Wildman–Crippen MR) is 147 cm³/mol. The van der Waals surface area contributed by atoms with Crippen molar-refractivity contribution in [1.29, 1.82) is 0 Å². The van der Waals surface area contributed by atoms with Crippen molar-refractivity contribution in [2.45, 2.75) is 71.3 Å². The second-order valence-corrected chi connectivity index (χ2v) is 11.9. The summed E-state index contributed by atoms with van der Waals surface area (Å²) >= 11 is 0. The van der Waals surface area contributed by atoms with Gasteiger partial charge in [-0.1, -0.05) is 45.9 Å². The molecule has 2 aliphatic rings. The van der Waals surface area contributed by atoms with Crippen LogP contribution in [-0.4, -0.2) is 54.0 Å². The molecule has 0 aromatic heterocycles. The van der Waals surface area contributed by atoms with E-state index in [1.165, 1.54) is 16.8 Å². The third kappa shape index (κ3) is 5.27. The molecule has 1 N–H and O–H groups in total. The Labute approximate surface area is 215 Å². The van der Waals surface area contributed by atoms with Gasteiger partial charge in [0, 0.05) is 43.5 Å². The molecule has 1 saturated heterocycles. The van der Waals surface area contributed by atoms with Crippen molar-refractivity contribution in [3.8, 4) is 0 Å². The Bertz CT molecular complexity index is 1170. The molecule has 5 nitrogen and oxygen atoms in total. The van der Waals surface area contributed by atoms with E-state index in [2.05, 4.69) is 63.5 Å². The molecule has 2 aromatic carbocycles. The lowest BCUT2D eigenvalue weighted by molar-refractivity contribution is 0.0696. The van der Waals surface area contributed by atoms with E-state index in [0.717, 1.165) is 50.1 Å². The molecule has 0 amide bonds. The lowest BCUT2D eigenvalue weighted by Gasteiger charge is -2.46. The molecule has 4 rings (SSSR count). The second kappa shape index (κ2) is 9.85. The first kappa shape index (κ1) is 26.2. The number of hydrogen-bond donors (Lipinski definition) is 1. The highest BCUT2D eigenvalue weighted by molar-refractivity contribution is 6.07. The molecule has 1 aliphatic heterocycles. The van der Waals surface area contributed by atoms with Crippen molar-refractivity contribution in [3.05, 3.63) is 70.3 Å². The normalized spacial score (nSPS) is 19.5. The number of fused-ring (bicyclic) bond motifs is 1. The Morgan fingerprint density at radius 3 is 2.08 bits per heavy atom. The minimum atomic E-state index is -0.956. The second-order valence-electron chi connectivity index (χ2n) is 11.9. The fourth-order valence-corrected chi connectivity index (χ4v) is 5.63. The molecular weight excluding hydrogens is 448 g/mol. The summed E-state index contributed by atoms with van der Waals surface area (Å²) in [5.41, 5.74) is 5.74. The maximum absolute atomic E-state index is 13.4. The first-order chi connectivity index (χ1) is 16.9. The van der Waals surface area contributed by atoms with Gasteiger partial charge in [-0.15, -0.1) is 0 Å². The Morgan fingerprint density at radius 2 is 1.50 bits per heavy atom. The molecule has 0 spiro atoms. The molecule has 0 radical (unpaired) electrons. The van der Waals surface area contributed by atoms with Crippen molar-refractivity contribution in [1.82, 2.24) is 4.90 Å². The maximum atomic E-state index is 13.4. The third-order valence-electron chi connectivity index (χ3n) is 8.15. The van der Waals surface area contributed by atoms with E-state index in [-0.39, 0.29) is 22.2 Å². The lowest BCUT2D eigenvalue weighted by atomic mass is 9.62. The topological polar surface area (TPSA) is 60.9 Å². The van der Waals surface area contributed by atoms with E-state index in [1.807, 2.05) is 0 Å². The van der Waals surface area contributed by atoms with Crippen LogP contribution in [0.4, 0.5) is 5.69 Å². The van der Waals surface area contributed by atoms with Gasteiger partial charge in [0.2, 0.25) is 0 Å². The molecule has 1 fully saturated rings. The SMILES string of the molecule is CC(C)N1CCN(c2cc(C(=O)/C=C\c3ccc(C(=O)O)cc3)cc3c2C(C)(C)CCC3(C)C)CC1. The number of carbonyl (C=O) groups is 2. The van der Waals surface area contributed by atoms with Gasteiger partial charge in [-0.3, -0.25) is 9.69 Å². The monoisotopic (exact) mass is 488 g/mol. The van der Waals surface area contributed by atoms with Crippen LogP contribution in [0.3, 0.4) is 0 Å². The number of carboxylic acids is 1. The van der Waals surface area contributed by atoms with E-state index in [0.29, 0.717) is 6.04 Å². The number of anilines is 1. The van der Waals surface area contributed by atoms with Crippen LogP contribution in [0.5, 0.6) is 0 Å². The van der Waals surface area contributed by atoms with Crippen LogP contribution < -0.4 is 4.90 Å². The molecule has 36 heavy (non-hydrogen) atoms. The number of ketones is 1. The molecular formula is C31H40N2O3. The number of nitrogens with zero attached hydrogens (tertiary/aromatic N) is 2. The number of allylic oxidation sites excluding steroid dienone is 1. The van der Waals surface area contributed by atoms with Crippen LogP contribution in [0, 0.1) is 0 Å². The number of hydrogen-bond acceptors (Lipinski definition) is 4. The summed E-state index contributed by atoms with van der Waals surface area (Å²) in [6.07, 6.45) is 5.60. The zero-order valence-corrected chi connectivity index (χ0v) is 22.6. The van der Waals surface area contributed by atoms with Crippen molar-refractivity contribution < 1.29 is 14.7 Å². The van der Waals surface area contributed by atoms with E-state index in [4.69, 9.17) is 5.11 Å². The van der Waals surface area contributed by atoms with Crippen molar-refractivity contribution in [3.63, 3.8) is 0 Å². The average molecular weight is 489 g/mol. The van der Waals surface area contributed by atoms with Crippen LogP contribution in [0.1, 0.15) is 91.8 Å². The van der Waals surface area contributed by atoms with Crippen molar-refractivity contribution in [2.24, 2.45) is 0 Å². The van der Waals surface area contributed by atoms with E-state index in [9.17, 15) is 9.59 Å².